The molecule has 0 unspecified atom stereocenters. The topological polar surface area (TPSA) is 60.4 Å². The van der Waals surface area contributed by atoms with E-state index in [-0.39, 0.29) is 11.3 Å². The Kier molecular flexibility index (Phi) is 3.33. The molecule has 78 valence electrons. The van der Waals surface area contributed by atoms with Gasteiger partial charge in [0.05, 0.1) is 5.56 Å². The molecule has 0 amide bonds. The van der Waals surface area contributed by atoms with Crippen LogP contribution in [0.25, 0.3) is 0 Å². The predicted molar refractivity (Wildman–Crippen MR) is 52.5 cm³/mol. The summed E-state index contributed by atoms with van der Waals surface area (Å²) in [5.41, 5.74) is 0.754. The van der Waals surface area contributed by atoms with E-state index in [4.69, 9.17) is 0 Å². The highest BCUT2D eigenvalue weighted by atomic mass is 16.6. The van der Waals surface area contributed by atoms with E-state index in [0.717, 1.165) is 6.92 Å². The Morgan fingerprint density at radius 2 is 1.40 bits per heavy atom. The zero-order valence-electron chi connectivity index (χ0n) is 8.44. The van der Waals surface area contributed by atoms with Crippen LogP contribution in [0, 0.1) is 0 Å². The highest BCUT2D eigenvalue weighted by molar-refractivity contribution is 5.98. The van der Waals surface area contributed by atoms with Gasteiger partial charge in [-0.3, -0.25) is 9.59 Å². The maximum absolute atomic E-state index is 11.2. The first-order chi connectivity index (χ1) is 7.00. The molecule has 4 nitrogen and oxygen atoms in total. The van der Waals surface area contributed by atoms with Gasteiger partial charge in [-0.1, -0.05) is 12.1 Å². The third-order valence-corrected chi connectivity index (χ3v) is 1.76. The second-order valence-electron chi connectivity index (χ2n) is 3.01. The summed E-state index contributed by atoms with van der Waals surface area (Å²) in [6.45, 7) is 2.59. The minimum atomic E-state index is -0.711. The Morgan fingerprint density at radius 3 is 1.80 bits per heavy atom. The molecule has 0 bridgehead atoms. The van der Waals surface area contributed by atoms with Crippen molar-refractivity contribution in [1.82, 2.24) is 0 Å². The van der Waals surface area contributed by atoms with Crippen molar-refractivity contribution < 1.29 is 19.1 Å². The van der Waals surface area contributed by atoms with Crippen LogP contribution in [0.1, 0.15) is 34.6 Å². The second kappa shape index (κ2) is 4.50. The third-order valence-electron chi connectivity index (χ3n) is 1.76. The molecule has 1 aromatic carbocycles. The van der Waals surface area contributed by atoms with Gasteiger partial charge < -0.3 is 4.74 Å². The minimum absolute atomic E-state index is 0.0820. The van der Waals surface area contributed by atoms with Crippen LogP contribution in [0.15, 0.2) is 24.3 Å². The number of Topliss-reactive ketones (excluding diaryl/α,β-unsaturated/α-hetero) is 1. The maximum atomic E-state index is 11.2. The van der Waals surface area contributed by atoms with Crippen LogP contribution >= 0.6 is 0 Å². The molecule has 0 atom stereocenters. The Labute approximate surface area is 86.9 Å². The quantitative estimate of drug-likeness (QED) is 0.419. The van der Waals surface area contributed by atoms with Gasteiger partial charge in [-0.15, -0.1) is 0 Å². The lowest BCUT2D eigenvalue weighted by molar-refractivity contribution is -0.135. The van der Waals surface area contributed by atoms with Gasteiger partial charge in [0.1, 0.15) is 0 Å². The Bertz CT molecular complexity index is 403. The number of ether oxygens (including phenoxy) is 1. The van der Waals surface area contributed by atoms with Crippen molar-refractivity contribution in [1.29, 1.82) is 0 Å². The van der Waals surface area contributed by atoms with Gasteiger partial charge in [0.25, 0.3) is 0 Å². The Hall–Kier alpha value is -1.97. The monoisotopic (exact) mass is 206 g/mol. The molecule has 0 aromatic heterocycles. The summed E-state index contributed by atoms with van der Waals surface area (Å²) < 4.78 is 4.37. The van der Waals surface area contributed by atoms with Gasteiger partial charge in [0.2, 0.25) is 0 Å². The molecule has 4 heteroatoms. The number of rotatable bonds is 2. The normalized spacial score (nSPS) is 9.47. The molecule has 1 aromatic rings. The first kappa shape index (κ1) is 11.1. The van der Waals surface area contributed by atoms with E-state index in [2.05, 4.69) is 4.74 Å². The zero-order valence-corrected chi connectivity index (χ0v) is 8.44. The van der Waals surface area contributed by atoms with Gasteiger partial charge in [-0.05, 0) is 19.1 Å². The van der Waals surface area contributed by atoms with Crippen molar-refractivity contribution in [2.45, 2.75) is 13.8 Å². The van der Waals surface area contributed by atoms with Crippen molar-refractivity contribution >= 4 is 17.7 Å². The number of carbonyl (C=O) groups excluding carboxylic acids is 3. The molecule has 0 fully saturated rings. The lowest BCUT2D eigenvalue weighted by atomic mass is 10.1. The molecular formula is C11H10O4. The van der Waals surface area contributed by atoms with Crippen LogP contribution in [-0.4, -0.2) is 17.7 Å². The summed E-state index contributed by atoms with van der Waals surface area (Å²) in [5, 5.41) is 0. The number of benzene rings is 1. The molecule has 0 saturated heterocycles. The summed E-state index contributed by atoms with van der Waals surface area (Å²) in [6.07, 6.45) is 0. The highest BCUT2D eigenvalue weighted by Gasteiger charge is 2.09. The predicted octanol–water partition coefficient (Wildman–Crippen LogP) is 1.59. The minimum Gasteiger partial charge on any atom is -0.390 e. The molecule has 0 N–H and O–H groups in total. The van der Waals surface area contributed by atoms with Crippen LogP contribution in [-0.2, 0) is 9.53 Å². The van der Waals surface area contributed by atoms with Crippen LogP contribution in [0.5, 0.6) is 0 Å². The van der Waals surface area contributed by atoms with Gasteiger partial charge in [-0.2, -0.15) is 0 Å². The molecule has 1 rings (SSSR count). The fourth-order valence-electron chi connectivity index (χ4n) is 1.03. The molecule has 0 saturated carbocycles. The van der Waals surface area contributed by atoms with E-state index in [0.29, 0.717) is 5.56 Å². The molecule has 0 heterocycles. The van der Waals surface area contributed by atoms with E-state index in [9.17, 15) is 14.4 Å². The van der Waals surface area contributed by atoms with Gasteiger partial charge >= 0.3 is 11.9 Å². The van der Waals surface area contributed by atoms with Gasteiger partial charge in [0.15, 0.2) is 5.78 Å². The standard InChI is InChI=1S/C11H10O4/c1-7(12)9-3-5-10(6-4-9)11(14)15-8(2)13/h3-6H,1-2H3. The first-order valence-electron chi connectivity index (χ1n) is 4.34. The summed E-state index contributed by atoms with van der Waals surface area (Å²) in [5.74, 6) is -1.45. The Morgan fingerprint density at radius 1 is 0.933 bits per heavy atom. The van der Waals surface area contributed by atoms with Crippen molar-refractivity contribution in [2.75, 3.05) is 0 Å². The lowest BCUT2D eigenvalue weighted by Crippen LogP contribution is -2.09. The number of esters is 2. The zero-order chi connectivity index (χ0) is 11.4. The van der Waals surface area contributed by atoms with Crippen LogP contribution in [0.4, 0.5) is 0 Å². The van der Waals surface area contributed by atoms with E-state index in [1.807, 2.05) is 0 Å². The third kappa shape index (κ3) is 3.02. The summed E-state index contributed by atoms with van der Waals surface area (Å²) in [4.78, 5) is 32.6. The van der Waals surface area contributed by atoms with Crippen molar-refractivity contribution in [3.63, 3.8) is 0 Å². The second-order valence-corrected chi connectivity index (χ2v) is 3.01. The maximum Gasteiger partial charge on any atom is 0.345 e. The molecule has 15 heavy (non-hydrogen) atoms. The molecular weight excluding hydrogens is 196 g/mol. The number of hydrogen-bond donors (Lipinski definition) is 0. The molecule has 0 aliphatic heterocycles. The average Bonchev–Trinajstić information content (AvgIpc) is 2.17. The summed E-state index contributed by atoms with van der Waals surface area (Å²) in [7, 11) is 0. The first-order valence-corrected chi connectivity index (χ1v) is 4.34. The number of hydrogen-bond acceptors (Lipinski definition) is 4. The number of carbonyl (C=O) groups is 3. The molecule has 0 radical (unpaired) electrons. The van der Waals surface area contributed by atoms with E-state index >= 15 is 0 Å². The van der Waals surface area contributed by atoms with Crippen LogP contribution < -0.4 is 0 Å². The fraction of sp³-hybridized carbons (Fsp3) is 0.182. The van der Waals surface area contributed by atoms with Crippen LogP contribution in [0.3, 0.4) is 0 Å². The fourth-order valence-corrected chi connectivity index (χ4v) is 1.03. The van der Waals surface area contributed by atoms with Crippen molar-refractivity contribution in [3.8, 4) is 0 Å². The lowest BCUT2D eigenvalue weighted by Gasteiger charge is -2.00. The van der Waals surface area contributed by atoms with Gasteiger partial charge in [0, 0.05) is 12.5 Å². The summed E-state index contributed by atoms with van der Waals surface area (Å²) in [6, 6.07) is 5.92. The van der Waals surface area contributed by atoms with Crippen LogP contribution in [0.2, 0.25) is 0 Å². The smallest absolute Gasteiger partial charge is 0.345 e. The summed E-state index contributed by atoms with van der Waals surface area (Å²) >= 11 is 0. The average molecular weight is 206 g/mol. The highest BCUT2D eigenvalue weighted by Crippen LogP contribution is 2.06. The van der Waals surface area contributed by atoms with Gasteiger partial charge in [-0.25, -0.2) is 4.79 Å². The largest absolute Gasteiger partial charge is 0.390 e. The van der Waals surface area contributed by atoms with Crippen molar-refractivity contribution in [3.05, 3.63) is 35.4 Å². The molecule has 0 spiro atoms. The van der Waals surface area contributed by atoms with Crippen molar-refractivity contribution in [2.24, 2.45) is 0 Å². The van der Waals surface area contributed by atoms with E-state index < -0.39 is 11.9 Å². The van der Waals surface area contributed by atoms with E-state index in [1.165, 1.54) is 31.2 Å². The molecule has 0 aliphatic rings. The Balaban J connectivity index is 2.84. The SMILES string of the molecule is CC(=O)OC(=O)c1ccc(C(C)=O)cc1. The molecule has 0 aliphatic carbocycles. The van der Waals surface area contributed by atoms with E-state index in [1.54, 1.807) is 0 Å². The number of ketones is 1.